The molecule has 0 saturated heterocycles. The topological polar surface area (TPSA) is 46.3 Å². The smallest absolute Gasteiger partial charge is 0.242 e. The number of nitrogens with zero attached hydrogens (tertiary/aromatic N) is 1. The molecule has 0 aliphatic heterocycles. The molecule has 2 N–H and O–H groups in total. The van der Waals surface area contributed by atoms with E-state index >= 15 is 0 Å². The van der Waals surface area contributed by atoms with E-state index in [-0.39, 0.29) is 18.3 Å². The zero-order chi connectivity index (χ0) is 10.9. The molecule has 2 rings (SSSR count). The highest BCUT2D eigenvalue weighted by Crippen LogP contribution is 2.31. The largest absolute Gasteiger partial charge is 0.344 e. The molecule has 0 unspecified atom stereocenters. The molecule has 2 fully saturated rings. The van der Waals surface area contributed by atoms with Gasteiger partial charge in [0, 0.05) is 13.6 Å². The molecule has 0 bridgehead atoms. The van der Waals surface area contributed by atoms with Gasteiger partial charge in [-0.25, -0.2) is 0 Å². The van der Waals surface area contributed by atoms with Gasteiger partial charge in [-0.1, -0.05) is 19.3 Å². The second-order valence-electron chi connectivity index (χ2n) is 5.35. The van der Waals surface area contributed by atoms with Gasteiger partial charge in [0.1, 0.15) is 0 Å². The molecule has 2 saturated carbocycles. The summed E-state index contributed by atoms with van der Waals surface area (Å²) in [5.41, 5.74) is 5.62. The van der Waals surface area contributed by atoms with Gasteiger partial charge in [0.15, 0.2) is 0 Å². The number of halogens is 1. The quantitative estimate of drug-likeness (QED) is 0.827. The van der Waals surface area contributed by atoms with Crippen LogP contribution in [0.4, 0.5) is 0 Å². The minimum Gasteiger partial charge on any atom is -0.344 e. The molecule has 0 atom stereocenters. The Morgan fingerprint density at radius 1 is 1.31 bits per heavy atom. The molecule has 4 heteroatoms. The fraction of sp³-hybridized carbons (Fsp3) is 0.917. The predicted molar refractivity (Wildman–Crippen MR) is 67.6 cm³/mol. The summed E-state index contributed by atoms with van der Waals surface area (Å²) in [6.45, 7) is 0.914. The third-order valence-electron chi connectivity index (χ3n) is 4.03. The molecule has 16 heavy (non-hydrogen) atoms. The van der Waals surface area contributed by atoms with Crippen molar-refractivity contribution < 1.29 is 4.79 Å². The van der Waals surface area contributed by atoms with Crippen LogP contribution in [0.1, 0.15) is 44.9 Å². The molecule has 1 amide bonds. The van der Waals surface area contributed by atoms with Crippen LogP contribution in [0.3, 0.4) is 0 Å². The number of carbonyl (C=O) groups excluding carboxylic acids is 1. The van der Waals surface area contributed by atoms with Crippen molar-refractivity contribution in [2.45, 2.75) is 50.5 Å². The number of carbonyl (C=O) groups is 1. The van der Waals surface area contributed by atoms with Crippen molar-refractivity contribution in [2.75, 3.05) is 13.6 Å². The van der Waals surface area contributed by atoms with Crippen LogP contribution in [0.25, 0.3) is 0 Å². The van der Waals surface area contributed by atoms with Crippen molar-refractivity contribution in [2.24, 2.45) is 11.7 Å². The van der Waals surface area contributed by atoms with Crippen LogP contribution in [-0.2, 0) is 4.79 Å². The minimum atomic E-state index is -0.529. The van der Waals surface area contributed by atoms with Crippen LogP contribution < -0.4 is 5.73 Å². The Labute approximate surface area is 104 Å². The van der Waals surface area contributed by atoms with Crippen molar-refractivity contribution in [1.82, 2.24) is 4.90 Å². The number of hydrogen-bond acceptors (Lipinski definition) is 2. The van der Waals surface area contributed by atoms with Crippen LogP contribution in [0.2, 0.25) is 0 Å². The lowest BCUT2D eigenvalue weighted by atomic mass is 9.84. The van der Waals surface area contributed by atoms with Gasteiger partial charge < -0.3 is 10.6 Å². The van der Waals surface area contributed by atoms with Gasteiger partial charge in [0.05, 0.1) is 5.54 Å². The maximum atomic E-state index is 12.1. The average Bonchev–Trinajstić information content (AvgIpc) is 2.58. The van der Waals surface area contributed by atoms with Gasteiger partial charge in [-0.15, -0.1) is 12.4 Å². The highest BCUT2D eigenvalue weighted by Gasteiger charge is 2.39. The van der Waals surface area contributed by atoms with Gasteiger partial charge in [-0.05, 0) is 31.6 Å². The first-order chi connectivity index (χ1) is 7.12. The van der Waals surface area contributed by atoms with E-state index in [4.69, 9.17) is 5.73 Å². The van der Waals surface area contributed by atoms with Crippen molar-refractivity contribution in [3.05, 3.63) is 0 Å². The Bertz CT molecular complexity index is 247. The molecule has 94 valence electrons. The Morgan fingerprint density at radius 3 is 2.31 bits per heavy atom. The summed E-state index contributed by atoms with van der Waals surface area (Å²) in [6, 6.07) is 0. The average molecular weight is 247 g/mol. The zero-order valence-electron chi connectivity index (χ0n) is 10.1. The molecule has 0 aromatic heterocycles. The first-order valence-electron chi connectivity index (χ1n) is 6.16. The third kappa shape index (κ3) is 2.69. The highest BCUT2D eigenvalue weighted by molar-refractivity contribution is 5.86. The van der Waals surface area contributed by atoms with Gasteiger partial charge in [0.25, 0.3) is 0 Å². The predicted octanol–water partition coefficient (Wildman–Crippen LogP) is 1.94. The van der Waals surface area contributed by atoms with Gasteiger partial charge in [-0.2, -0.15) is 0 Å². The standard InChI is InChI=1S/C12H22N2O.ClH/c1-14(9-10-5-4-6-10)11(15)12(13)7-2-3-8-12;/h10H,2-9,13H2,1H3;1H. The van der Waals surface area contributed by atoms with E-state index in [2.05, 4.69) is 0 Å². The molecular weight excluding hydrogens is 224 g/mol. The van der Waals surface area contributed by atoms with Crippen LogP contribution in [0, 0.1) is 5.92 Å². The molecule has 0 heterocycles. The Balaban J connectivity index is 0.00000128. The van der Waals surface area contributed by atoms with Crippen molar-refractivity contribution in [1.29, 1.82) is 0 Å². The molecule has 0 spiro atoms. The summed E-state index contributed by atoms with van der Waals surface area (Å²) >= 11 is 0. The first-order valence-corrected chi connectivity index (χ1v) is 6.16. The van der Waals surface area contributed by atoms with E-state index in [9.17, 15) is 4.79 Å². The van der Waals surface area contributed by atoms with E-state index in [1.54, 1.807) is 0 Å². The summed E-state index contributed by atoms with van der Waals surface area (Å²) < 4.78 is 0. The van der Waals surface area contributed by atoms with Crippen molar-refractivity contribution in [3.8, 4) is 0 Å². The number of hydrogen-bond donors (Lipinski definition) is 1. The fourth-order valence-corrected chi connectivity index (χ4v) is 2.75. The minimum absolute atomic E-state index is 0. The summed E-state index contributed by atoms with van der Waals surface area (Å²) in [6.07, 6.45) is 7.88. The van der Waals surface area contributed by atoms with Crippen molar-refractivity contribution >= 4 is 18.3 Å². The van der Waals surface area contributed by atoms with Crippen LogP contribution in [0.15, 0.2) is 0 Å². The Kier molecular flexibility index (Phi) is 4.62. The maximum Gasteiger partial charge on any atom is 0.242 e. The Morgan fingerprint density at radius 2 is 1.88 bits per heavy atom. The van der Waals surface area contributed by atoms with E-state index in [1.165, 1.54) is 19.3 Å². The normalized spacial score (nSPS) is 23.4. The van der Waals surface area contributed by atoms with Gasteiger partial charge in [-0.3, -0.25) is 4.79 Å². The lowest BCUT2D eigenvalue weighted by molar-refractivity contribution is -0.136. The number of nitrogens with two attached hydrogens (primary N) is 1. The number of rotatable bonds is 3. The Hall–Kier alpha value is -0.280. The number of amides is 1. The summed E-state index contributed by atoms with van der Waals surface area (Å²) in [4.78, 5) is 14.0. The lowest BCUT2D eigenvalue weighted by Crippen LogP contribution is -2.53. The van der Waals surface area contributed by atoms with E-state index < -0.39 is 5.54 Å². The van der Waals surface area contributed by atoms with E-state index in [0.717, 1.165) is 38.1 Å². The molecule has 0 aromatic carbocycles. The fourth-order valence-electron chi connectivity index (χ4n) is 2.75. The third-order valence-corrected chi connectivity index (χ3v) is 4.03. The van der Waals surface area contributed by atoms with E-state index in [1.807, 2.05) is 11.9 Å². The second-order valence-corrected chi connectivity index (χ2v) is 5.35. The molecule has 3 nitrogen and oxygen atoms in total. The zero-order valence-corrected chi connectivity index (χ0v) is 10.9. The molecular formula is C12H23ClN2O. The SMILES string of the molecule is CN(CC1CCC1)C(=O)C1(N)CCCC1.Cl. The van der Waals surface area contributed by atoms with Crippen molar-refractivity contribution in [3.63, 3.8) is 0 Å². The molecule has 0 radical (unpaired) electrons. The van der Waals surface area contributed by atoms with Crippen LogP contribution in [0.5, 0.6) is 0 Å². The van der Waals surface area contributed by atoms with Crippen LogP contribution >= 0.6 is 12.4 Å². The highest BCUT2D eigenvalue weighted by atomic mass is 35.5. The molecule has 0 aromatic rings. The van der Waals surface area contributed by atoms with Gasteiger partial charge in [0.2, 0.25) is 5.91 Å². The summed E-state index contributed by atoms with van der Waals surface area (Å²) in [5.74, 6) is 0.913. The number of likely N-dealkylation sites (N-methyl/N-ethyl adjacent to an activating group) is 1. The molecule has 2 aliphatic rings. The first kappa shape index (κ1) is 13.8. The maximum absolute atomic E-state index is 12.1. The molecule has 2 aliphatic carbocycles. The van der Waals surface area contributed by atoms with E-state index in [0.29, 0.717) is 0 Å². The monoisotopic (exact) mass is 246 g/mol. The summed E-state index contributed by atoms with van der Waals surface area (Å²) in [5, 5.41) is 0. The summed E-state index contributed by atoms with van der Waals surface area (Å²) in [7, 11) is 1.91. The lowest BCUT2D eigenvalue weighted by Gasteiger charge is -2.34. The van der Waals surface area contributed by atoms with Gasteiger partial charge >= 0.3 is 0 Å². The van der Waals surface area contributed by atoms with Crippen LogP contribution in [-0.4, -0.2) is 29.9 Å². The second kappa shape index (κ2) is 5.37.